The first-order valence-electron chi connectivity index (χ1n) is 5.44. The van der Waals surface area contributed by atoms with Gasteiger partial charge in [0.15, 0.2) is 0 Å². The van der Waals surface area contributed by atoms with Crippen molar-refractivity contribution in [2.75, 3.05) is 26.3 Å². The number of thiocarbonyl (C=S) groups is 1. The van der Waals surface area contributed by atoms with E-state index in [1.807, 2.05) is 11.9 Å². The van der Waals surface area contributed by atoms with Crippen LogP contribution in [0.2, 0.25) is 0 Å². The van der Waals surface area contributed by atoms with Crippen LogP contribution in [0.25, 0.3) is 0 Å². The van der Waals surface area contributed by atoms with E-state index in [2.05, 4.69) is 5.43 Å². The number of morpholine rings is 1. The van der Waals surface area contributed by atoms with Crippen LogP contribution >= 0.6 is 12.2 Å². The number of nitrogens with two attached hydrogens (primary N) is 1. The van der Waals surface area contributed by atoms with Crippen molar-refractivity contribution in [1.29, 1.82) is 0 Å². The van der Waals surface area contributed by atoms with Crippen molar-refractivity contribution in [3.05, 3.63) is 0 Å². The van der Waals surface area contributed by atoms with E-state index < -0.39 is 5.41 Å². The Morgan fingerprint density at radius 1 is 1.56 bits per heavy atom. The van der Waals surface area contributed by atoms with Gasteiger partial charge in [-0.05, 0) is 13.3 Å². The second-order valence-electron chi connectivity index (χ2n) is 4.09. The molecule has 0 bridgehead atoms. The van der Waals surface area contributed by atoms with E-state index in [1.54, 1.807) is 6.92 Å². The van der Waals surface area contributed by atoms with Gasteiger partial charge in [-0.3, -0.25) is 10.2 Å². The third kappa shape index (κ3) is 2.90. The van der Waals surface area contributed by atoms with Crippen LogP contribution in [0.1, 0.15) is 20.3 Å². The van der Waals surface area contributed by atoms with E-state index in [4.69, 9.17) is 22.7 Å². The van der Waals surface area contributed by atoms with E-state index in [9.17, 15) is 4.79 Å². The number of carbonyl (C=O) groups excluding carboxylic acids is 1. The van der Waals surface area contributed by atoms with Crippen LogP contribution in [-0.4, -0.2) is 42.2 Å². The van der Waals surface area contributed by atoms with Crippen molar-refractivity contribution in [2.24, 2.45) is 11.1 Å². The smallest absolute Gasteiger partial charge is 0.247 e. The van der Waals surface area contributed by atoms with Gasteiger partial charge < -0.3 is 10.5 Å². The third-order valence-corrected chi connectivity index (χ3v) is 3.47. The van der Waals surface area contributed by atoms with E-state index in [1.165, 1.54) is 0 Å². The van der Waals surface area contributed by atoms with E-state index in [-0.39, 0.29) is 10.9 Å². The van der Waals surface area contributed by atoms with E-state index in [0.717, 1.165) is 0 Å². The number of nitrogens with zero attached hydrogens (tertiary/aromatic N) is 1. The maximum atomic E-state index is 12.0. The fourth-order valence-corrected chi connectivity index (χ4v) is 1.63. The lowest BCUT2D eigenvalue weighted by atomic mass is 9.87. The molecule has 0 aromatic heterocycles. The minimum Gasteiger partial charge on any atom is -0.392 e. The van der Waals surface area contributed by atoms with Gasteiger partial charge in [0.25, 0.3) is 0 Å². The van der Waals surface area contributed by atoms with Crippen LogP contribution in [0.3, 0.4) is 0 Å². The Hall–Kier alpha value is -0.720. The van der Waals surface area contributed by atoms with Crippen molar-refractivity contribution in [1.82, 2.24) is 10.4 Å². The van der Waals surface area contributed by atoms with Crippen molar-refractivity contribution in [2.45, 2.75) is 20.3 Å². The molecular formula is C10H19N3O2S. The van der Waals surface area contributed by atoms with Gasteiger partial charge in [0.1, 0.15) is 0 Å². The van der Waals surface area contributed by atoms with Crippen LogP contribution in [0.15, 0.2) is 0 Å². The number of nitrogens with one attached hydrogen (secondary N) is 1. The highest BCUT2D eigenvalue weighted by atomic mass is 32.1. The minimum atomic E-state index is -0.770. The Morgan fingerprint density at radius 3 is 2.56 bits per heavy atom. The molecule has 16 heavy (non-hydrogen) atoms. The lowest BCUT2D eigenvalue weighted by Crippen LogP contribution is -2.55. The molecule has 5 nitrogen and oxygen atoms in total. The van der Waals surface area contributed by atoms with Crippen LogP contribution < -0.4 is 11.2 Å². The molecule has 1 fully saturated rings. The highest BCUT2D eigenvalue weighted by molar-refractivity contribution is 7.80. The summed E-state index contributed by atoms with van der Waals surface area (Å²) in [5, 5.41) is 1.85. The topological polar surface area (TPSA) is 67.6 Å². The quantitative estimate of drug-likeness (QED) is 0.685. The van der Waals surface area contributed by atoms with Crippen LogP contribution in [0.5, 0.6) is 0 Å². The van der Waals surface area contributed by atoms with Gasteiger partial charge in [-0.15, -0.1) is 0 Å². The Morgan fingerprint density at radius 2 is 2.12 bits per heavy atom. The fourth-order valence-electron chi connectivity index (χ4n) is 1.39. The molecular weight excluding hydrogens is 226 g/mol. The first-order valence-corrected chi connectivity index (χ1v) is 5.85. The highest BCUT2D eigenvalue weighted by Gasteiger charge is 2.35. The molecule has 92 valence electrons. The summed E-state index contributed by atoms with van der Waals surface area (Å²) in [6, 6.07) is 0. The molecule has 3 N–H and O–H groups in total. The Bertz CT molecular complexity index is 279. The molecule has 6 heteroatoms. The normalized spacial score (nSPS) is 21.1. The molecule has 1 aliphatic rings. The summed E-state index contributed by atoms with van der Waals surface area (Å²) in [5.41, 5.74) is 7.68. The van der Waals surface area contributed by atoms with Gasteiger partial charge >= 0.3 is 0 Å². The first kappa shape index (κ1) is 13.3. The summed E-state index contributed by atoms with van der Waals surface area (Å²) in [7, 11) is 0. The maximum Gasteiger partial charge on any atom is 0.247 e. The molecule has 1 rings (SSSR count). The molecule has 1 aliphatic heterocycles. The Kier molecular flexibility index (Phi) is 4.64. The van der Waals surface area contributed by atoms with Gasteiger partial charge in [-0.25, -0.2) is 5.01 Å². The molecule has 1 atom stereocenters. The number of ether oxygens (including phenoxy) is 1. The Balaban J connectivity index is 2.58. The molecule has 0 saturated carbocycles. The van der Waals surface area contributed by atoms with E-state index >= 15 is 0 Å². The summed E-state index contributed by atoms with van der Waals surface area (Å²) < 4.78 is 5.20. The van der Waals surface area contributed by atoms with Crippen LogP contribution in [0.4, 0.5) is 0 Å². The summed E-state index contributed by atoms with van der Waals surface area (Å²) in [6.45, 7) is 6.33. The number of carbonyl (C=O) groups is 1. The van der Waals surface area contributed by atoms with E-state index in [0.29, 0.717) is 32.7 Å². The summed E-state index contributed by atoms with van der Waals surface area (Å²) >= 11 is 4.95. The largest absolute Gasteiger partial charge is 0.392 e. The van der Waals surface area contributed by atoms with Crippen molar-refractivity contribution in [3.63, 3.8) is 0 Å². The lowest BCUT2D eigenvalue weighted by molar-refractivity contribution is -0.134. The molecule has 1 unspecified atom stereocenters. The molecule has 1 amide bonds. The van der Waals surface area contributed by atoms with Crippen molar-refractivity contribution >= 4 is 23.1 Å². The molecule has 0 aromatic carbocycles. The zero-order valence-electron chi connectivity index (χ0n) is 9.78. The first-order chi connectivity index (χ1) is 7.50. The SMILES string of the molecule is CCC(C)(C(=O)NN1CCOCC1)C(N)=S. The fraction of sp³-hybridized carbons (Fsp3) is 0.800. The van der Waals surface area contributed by atoms with Crippen LogP contribution in [0, 0.1) is 5.41 Å². The molecule has 1 heterocycles. The Labute approximate surface area is 101 Å². The maximum absolute atomic E-state index is 12.0. The predicted molar refractivity (Wildman–Crippen MR) is 65.7 cm³/mol. The number of rotatable bonds is 4. The predicted octanol–water partition coefficient (Wildman–Crippen LogP) is 0.0522. The molecule has 0 spiro atoms. The molecule has 0 aromatic rings. The number of amides is 1. The monoisotopic (exact) mass is 245 g/mol. The third-order valence-electron chi connectivity index (χ3n) is 3.02. The molecule has 0 radical (unpaired) electrons. The van der Waals surface area contributed by atoms with Gasteiger partial charge in [0.05, 0.1) is 23.6 Å². The lowest BCUT2D eigenvalue weighted by Gasteiger charge is -2.32. The summed E-state index contributed by atoms with van der Waals surface area (Å²) in [4.78, 5) is 12.3. The van der Waals surface area contributed by atoms with Gasteiger partial charge in [0, 0.05) is 13.1 Å². The second-order valence-corrected chi connectivity index (χ2v) is 4.53. The molecule has 0 aliphatic carbocycles. The average Bonchev–Trinajstić information content (AvgIpc) is 2.28. The summed E-state index contributed by atoms with van der Waals surface area (Å²) in [5.74, 6) is -0.135. The second kappa shape index (κ2) is 5.56. The zero-order valence-corrected chi connectivity index (χ0v) is 10.6. The van der Waals surface area contributed by atoms with Crippen molar-refractivity contribution < 1.29 is 9.53 Å². The zero-order chi connectivity index (χ0) is 12.2. The average molecular weight is 245 g/mol. The standard InChI is InChI=1S/C10H19N3O2S/c1-3-10(2,8(11)16)9(14)12-13-4-6-15-7-5-13/h3-7H2,1-2H3,(H2,11,16)(H,12,14). The number of hydrogen-bond acceptors (Lipinski definition) is 4. The summed E-state index contributed by atoms with van der Waals surface area (Å²) in [6.07, 6.45) is 0.596. The van der Waals surface area contributed by atoms with Crippen molar-refractivity contribution in [3.8, 4) is 0 Å². The highest BCUT2D eigenvalue weighted by Crippen LogP contribution is 2.21. The number of hydrogen-bond donors (Lipinski definition) is 2. The minimum absolute atomic E-state index is 0.135. The molecule has 1 saturated heterocycles. The van der Waals surface area contributed by atoms with Gasteiger partial charge in [-0.2, -0.15) is 0 Å². The van der Waals surface area contributed by atoms with Gasteiger partial charge in [0.2, 0.25) is 5.91 Å². The number of hydrazine groups is 1. The van der Waals surface area contributed by atoms with Crippen LogP contribution in [-0.2, 0) is 9.53 Å². The van der Waals surface area contributed by atoms with Gasteiger partial charge in [-0.1, -0.05) is 19.1 Å².